The third kappa shape index (κ3) is 3.65. The Kier molecular flexibility index (Phi) is 4.01. The van der Waals surface area contributed by atoms with E-state index in [1.165, 1.54) is 0 Å². The van der Waals surface area contributed by atoms with Gasteiger partial charge >= 0.3 is 0 Å². The fourth-order valence-electron chi connectivity index (χ4n) is 1.65. The van der Waals surface area contributed by atoms with Crippen molar-refractivity contribution in [3.8, 4) is 0 Å². The molecule has 2 aromatic rings. The maximum absolute atomic E-state index is 12.0. The van der Waals surface area contributed by atoms with Crippen LogP contribution in [0.3, 0.4) is 0 Å². The molecule has 0 bridgehead atoms. The van der Waals surface area contributed by atoms with E-state index in [1.54, 1.807) is 37.3 Å². The van der Waals surface area contributed by atoms with Crippen molar-refractivity contribution in [1.29, 1.82) is 0 Å². The second-order valence-electron chi connectivity index (χ2n) is 4.39. The molecule has 6 heteroatoms. The lowest BCUT2D eigenvalue weighted by atomic mass is 10.2. The van der Waals surface area contributed by atoms with Crippen molar-refractivity contribution in [2.24, 2.45) is 0 Å². The third-order valence-electron chi connectivity index (χ3n) is 2.68. The summed E-state index contributed by atoms with van der Waals surface area (Å²) in [6.07, 6.45) is 0.502. The van der Waals surface area contributed by atoms with Gasteiger partial charge in [0.2, 0.25) is 10.0 Å². The first-order chi connectivity index (χ1) is 8.97. The van der Waals surface area contributed by atoms with Gasteiger partial charge in [-0.25, -0.2) is 13.1 Å². The van der Waals surface area contributed by atoms with Crippen LogP contribution in [0.5, 0.6) is 0 Å². The molecular formula is C13H16N2O3S. The quantitative estimate of drug-likeness (QED) is 0.906. The average molecular weight is 280 g/mol. The van der Waals surface area contributed by atoms with Gasteiger partial charge in [0.25, 0.3) is 0 Å². The fraction of sp³-hybridized carbons (Fsp3) is 0.308. The van der Waals surface area contributed by atoms with E-state index in [4.69, 9.17) is 4.52 Å². The zero-order chi connectivity index (χ0) is 13.9. The van der Waals surface area contributed by atoms with E-state index < -0.39 is 10.0 Å². The molecule has 0 amide bonds. The molecule has 0 aliphatic rings. The van der Waals surface area contributed by atoms with E-state index in [0.29, 0.717) is 13.0 Å². The number of rotatable bonds is 5. The molecule has 1 heterocycles. The van der Waals surface area contributed by atoms with Crippen molar-refractivity contribution in [1.82, 2.24) is 9.88 Å². The molecule has 1 aromatic carbocycles. The molecule has 0 saturated carbocycles. The van der Waals surface area contributed by atoms with E-state index in [-0.39, 0.29) is 4.90 Å². The lowest BCUT2D eigenvalue weighted by Crippen LogP contribution is -2.26. The van der Waals surface area contributed by atoms with Gasteiger partial charge in [-0.2, -0.15) is 0 Å². The topological polar surface area (TPSA) is 72.2 Å². The first-order valence-corrected chi connectivity index (χ1v) is 7.44. The van der Waals surface area contributed by atoms with Gasteiger partial charge in [0.15, 0.2) is 0 Å². The van der Waals surface area contributed by atoms with Gasteiger partial charge in [0, 0.05) is 19.0 Å². The van der Waals surface area contributed by atoms with Crippen molar-refractivity contribution in [2.45, 2.75) is 25.2 Å². The van der Waals surface area contributed by atoms with Crippen LogP contribution in [0, 0.1) is 13.8 Å². The molecule has 0 aliphatic heterocycles. The normalized spacial score (nSPS) is 11.7. The van der Waals surface area contributed by atoms with Gasteiger partial charge in [0.1, 0.15) is 5.76 Å². The number of aromatic nitrogens is 1. The molecular weight excluding hydrogens is 264 g/mol. The maximum atomic E-state index is 12.0. The van der Waals surface area contributed by atoms with Crippen LogP contribution in [0.2, 0.25) is 0 Å². The minimum atomic E-state index is -3.45. The number of sulfonamides is 1. The number of hydrogen-bond acceptors (Lipinski definition) is 4. The Morgan fingerprint density at radius 2 is 1.89 bits per heavy atom. The largest absolute Gasteiger partial charge is 0.361 e. The van der Waals surface area contributed by atoms with Gasteiger partial charge in [-0.05, 0) is 26.0 Å². The fourth-order valence-corrected chi connectivity index (χ4v) is 2.68. The van der Waals surface area contributed by atoms with Crippen molar-refractivity contribution in [2.75, 3.05) is 6.54 Å². The molecule has 0 spiro atoms. The second kappa shape index (κ2) is 5.54. The van der Waals surface area contributed by atoms with Crippen LogP contribution in [0.15, 0.2) is 39.8 Å². The van der Waals surface area contributed by atoms with E-state index in [1.807, 2.05) is 6.92 Å². The smallest absolute Gasteiger partial charge is 0.240 e. The Labute approximate surface area is 112 Å². The zero-order valence-electron chi connectivity index (χ0n) is 10.9. The van der Waals surface area contributed by atoms with Crippen molar-refractivity contribution >= 4 is 10.0 Å². The van der Waals surface area contributed by atoms with Crippen LogP contribution < -0.4 is 4.72 Å². The van der Waals surface area contributed by atoms with Crippen molar-refractivity contribution in [3.63, 3.8) is 0 Å². The highest BCUT2D eigenvalue weighted by molar-refractivity contribution is 7.89. The summed E-state index contributed by atoms with van der Waals surface area (Å²) in [7, 11) is -3.45. The Bertz CT molecular complexity index is 645. The Morgan fingerprint density at radius 1 is 1.21 bits per heavy atom. The predicted molar refractivity (Wildman–Crippen MR) is 71.3 cm³/mol. The Balaban J connectivity index is 1.96. The highest BCUT2D eigenvalue weighted by atomic mass is 32.2. The highest BCUT2D eigenvalue weighted by Gasteiger charge is 2.13. The monoisotopic (exact) mass is 280 g/mol. The van der Waals surface area contributed by atoms with Gasteiger partial charge < -0.3 is 4.52 Å². The molecule has 0 atom stereocenters. The number of hydrogen-bond donors (Lipinski definition) is 1. The average Bonchev–Trinajstić information content (AvgIpc) is 2.75. The second-order valence-corrected chi connectivity index (χ2v) is 6.16. The highest BCUT2D eigenvalue weighted by Crippen LogP contribution is 2.10. The third-order valence-corrected chi connectivity index (χ3v) is 4.16. The lowest BCUT2D eigenvalue weighted by molar-refractivity contribution is 0.390. The molecule has 19 heavy (non-hydrogen) atoms. The van der Waals surface area contributed by atoms with Gasteiger partial charge in [0.05, 0.1) is 10.6 Å². The molecule has 0 saturated heterocycles. The van der Waals surface area contributed by atoms with E-state index in [9.17, 15) is 8.42 Å². The summed E-state index contributed by atoms with van der Waals surface area (Å²) in [5, 5.41) is 3.81. The molecule has 0 unspecified atom stereocenters. The van der Waals surface area contributed by atoms with Crippen LogP contribution >= 0.6 is 0 Å². The molecule has 1 aromatic heterocycles. The summed E-state index contributed by atoms with van der Waals surface area (Å²) in [4.78, 5) is 0.273. The van der Waals surface area contributed by atoms with Crippen LogP contribution in [0.25, 0.3) is 0 Å². The van der Waals surface area contributed by atoms with E-state index in [2.05, 4.69) is 9.88 Å². The molecule has 2 rings (SSSR count). The van der Waals surface area contributed by atoms with E-state index >= 15 is 0 Å². The van der Waals surface area contributed by atoms with Crippen LogP contribution in [0.1, 0.15) is 17.0 Å². The number of nitrogens with one attached hydrogen (secondary N) is 1. The van der Waals surface area contributed by atoms with Crippen molar-refractivity contribution < 1.29 is 12.9 Å². The van der Waals surface area contributed by atoms with Crippen LogP contribution in [0.4, 0.5) is 0 Å². The molecule has 5 nitrogen and oxygen atoms in total. The van der Waals surface area contributed by atoms with Crippen LogP contribution in [-0.4, -0.2) is 20.1 Å². The Hall–Kier alpha value is -1.66. The summed E-state index contributed by atoms with van der Waals surface area (Å²) in [5.41, 5.74) is 1.76. The van der Waals surface area contributed by atoms with Gasteiger partial charge in [-0.3, -0.25) is 0 Å². The van der Waals surface area contributed by atoms with Gasteiger partial charge in [-0.1, -0.05) is 22.9 Å². The Morgan fingerprint density at radius 3 is 2.47 bits per heavy atom. The van der Waals surface area contributed by atoms with Gasteiger partial charge in [-0.15, -0.1) is 0 Å². The first kappa shape index (κ1) is 13.8. The summed E-state index contributed by atoms with van der Waals surface area (Å²) < 4.78 is 31.4. The molecule has 1 N–H and O–H groups in total. The standard InChI is InChI=1S/C13H16N2O3S/c1-10-3-5-13(6-4-10)19(16,17)14-8-7-12-9-11(2)18-15-12/h3-6,9,14H,7-8H2,1-2H3. The number of aryl methyl sites for hydroxylation is 2. The number of nitrogens with zero attached hydrogens (tertiary/aromatic N) is 1. The summed E-state index contributed by atoms with van der Waals surface area (Å²) in [5.74, 6) is 0.719. The molecule has 102 valence electrons. The minimum absolute atomic E-state index is 0.273. The molecule has 0 aliphatic carbocycles. The first-order valence-electron chi connectivity index (χ1n) is 5.96. The maximum Gasteiger partial charge on any atom is 0.240 e. The minimum Gasteiger partial charge on any atom is -0.361 e. The summed E-state index contributed by atoms with van der Waals surface area (Å²) in [6.45, 7) is 4.01. The van der Waals surface area contributed by atoms with E-state index in [0.717, 1.165) is 17.0 Å². The zero-order valence-corrected chi connectivity index (χ0v) is 11.7. The number of benzene rings is 1. The lowest BCUT2D eigenvalue weighted by Gasteiger charge is -2.05. The summed E-state index contributed by atoms with van der Waals surface area (Å²) in [6, 6.07) is 8.53. The van der Waals surface area contributed by atoms with Crippen molar-refractivity contribution in [3.05, 3.63) is 47.3 Å². The summed E-state index contributed by atoms with van der Waals surface area (Å²) >= 11 is 0. The SMILES string of the molecule is Cc1ccc(S(=O)(=O)NCCc2cc(C)on2)cc1. The molecule has 0 fully saturated rings. The molecule has 0 radical (unpaired) electrons. The van der Waals surface area contributed by atoms with Crippen LogP contribution in [-0.2, 0) is 16.4 Å². The predicted octanol–water partition coefficient (Wildman–Crippen LogP) is 1.81.